The van der Waals surface area contributed by atoms with Crippen LogP contribution >= 0.6 is 11.6 Å². The second-order valence-corrected chi connectivity index (χ2v) is 4.50. The molecule has 1 N–H and O–H groups in total. The zero-order chi connectivity index (χ0) is 15.2. The molecule has 0 spiro atoms. The topological polar surface area (TPSA) is 76.8 Å². The van der Waals surface area contributed by atoms with Gasteiger partial charge in [0, 0.05) is 16.7 Å². The van der Waals surface area contributed by atoms with E-state index in [-0.39, 0.29) is 11.4 Å². The van der Waals surface area contributed by atoms with Gasteiger partial charge >= 0.3 is 5.69 Å². The second-order valence-electron chi connectivity index (χ2n) is 4.07. The lowest BCUT2D eigenvalue weighted by Crippen LogP contribution is -1.96. The molecule has 21 heavy (non-hydrogen) atoms. The van der Waals surface area contributed by atoms with E-state index in [0.717, 1.165) is 5.69 Å². The van der Waals surface area contributed by atoms with E-state index in [4.69, 9.17) is 16.3 Å². The average Bonchev–Trinajstić information content (AvgIpc) is 2.49. The van der Waals surface area contributed by atoms with Crippen molar-refractivity contribution in [3.8, 4) is 5.75 Å². The maximum atomic E-state index is 10.9. The molecule has 0 saturated heterocycles. The molecule has 0 radical (unpaired) electrons. The van der Waals surface area contributed by atoms with Gasteiger partial charge in [0.2, 0.25) is 0 Å². The summed E-state index contributed by atoms with van der Waals surface area (Å²) in [4.78, 5) is 10.4. The van der Waals surface area contributed by atoms with Crippen LogP contribution in [0.1, 0.15) is 5.56 Å². The van der Waals surface area contributed by atoms with E-state index >= 15 is 0 Å². The van der Waals surface area contributed by atoms with Gasteiger partial charge < -0.3 is 4.74 Å². The van der Waals surface area contributed by atoms with Crippen LogP contribution in [0.3, 0.4) is 0 Å². The summed E-state index contributed by atoms with van der Waals surface area (Å²) >= 11 is 5.78. The highest BCUT2D eigenvalue weighted by molar-refractivity contribution is 6.30. The monoisotopic (exact) mass is 305 g/mol. The van der Waals surface area contributed by atoms with Crippen molar-refractivity contribution in [2.24, 2.45) is 5.10 Å². The molecular weight excluding hydrogens is 294 g/mol. The van der Waals surface area contributed by atoms with Gasteiger partial charge in [0.15, 0.2) is 5.75 Å². The van der Waals surface area contributed by atoms with Crippen LogP contribution in [0.4, 0.5) is 11.4 Å². The number of hydrogen-bond acceptors (Lipinski definition) is 5. The Morgan fingerprint density at radius 1 is 1.29 bits per heavy atom. The van der Waals surface area contributed by atoms with E-state index in [1.807, 2.05) is 0 Å². The van der Waals surface area contributed by atoms with Crippen LogP contribution in [-0.2, 0) is 0 Å². The third-order valence-corrected chi connectivity index (χ3v) is 2.90. The molecule has 0 heterocycles. The number of rotatable bonds is 5. The van der Waals surface area contributed by atoms with Crippen molar-refractivity contribution in [2.75, 3.05) is 12.5 Å². The smallest absolute Gasteiger partial charge is 0.311 e. The highest BCUT2D eigenvalue weighted by atomic mass is 35.5. The van der Waals surface area contributed by atoms with Crippen molar-refractivity contribution < 1.29 is 9.66 Å². The zero-order valence-corrected chi connectivity index (χ0v) is 11.9. The number of nitrogens with zero attached hydrogens (tertiary/aromatic N) is 2. The van der Waals surface area contributed by atoms with E-state index in [9.17, 15) is 10.1 Å². The van der Waals surface area contributed by atoms with Crippen LogP contribution in [-0.4, -0.2) is 18.2 Å². The normalized spacial score (nSPS) is 10.6. The molecule has 0 fully saturated rings. The number of hydrazone groups is 1. The van der Waals surface area contributed by atoms with Gasteiger partial charge in [0.25, 0.3) is 0 Å². The summed E-state index contributed by atoms with van der Waals surface area (Å²) in [7, 11) is 1.39. The Balaban J connectivity index is 2.12. The van der Waals surface area contributed by atoms with E-state index in [1.54, 1.807) is 30.3 Å². The number of benzene rings is 2. The first-order valence-electron chi connectivity index (χ1n) is 5.97. The average molecular weight is 306 g/mol. The maximum Gasteiger partial charge on any atom is 0.311 e. The largest absolute Gasteiger partial charge is 0.490 e. The van der Waals surface area contributed by atoms with Gasteiger partial charge in [-0.2, -0.15) is 5.10 Å². The fourth-order valence-corrected chi connectivity index (χ4v) is 1.76. The number of nitro groups is 1. The Morgan fingerprint density at radius 3 is 2.62 bits per heavy atom. The lowest BCUT2D eigenvalue weighted by molar-refractivity contribution is -0.385. The Bertz CT molecular complexity index is 672. The fourth-order valence-electron chi connectivity index (χ4n) is 1.64. The third kappa shape index (κ3) is 3.93. The van der Waals surface area contributed by atoms with Crippen molar-refractivity contribution in [2.45, 2.75) is 0 Å². The number of nitrogens with one attached hydrogen (secondary N) is 1. The first-order valence-corrected chi connectivity index (χ1v) is 6.35. The van der Waals surface area contributed by atoms with E-state index in [2.05, 4.69) is 10.5 Å². The maximum absolute atomic E-state index is 10.9. The number of hydrogen-bond donors (Lipinski definition) is 1. The summed E-state index contributed by atoms with van der Waals surface area (Å²) < 4.78 is 4.93. The van der Waals surface area contributed by atoms with E-state index in [1.165, 1.54) is 25.5 Å². The quantitative estimate of drug-likeness (QED) is 0.519. The predicted octanol–water partition coefficient (Wildman–Crippen LogP) is 3.70. The van der Waals surface area contributed by atoms with Crippen molar-refractivity contribution in [3.63, 3.8) is 0 Å². The Kier molecular flexibility index (Phi) is 4.73. The van der Waals surface area contributed by atoms with Gasteiger partial charge in [-0.05, 0) is 36.4 Å². The molecule has 0 aliphatic carbocycles. The van der Waals surface area contributed by atoms with Crippen LogP contribution in [0.25, 0.3) is 0 Å². The van der Waals surface area contributed by atoms with Gasteiger partial charge in [-0.1, -0.05) is 11.6 Å². The van der Waals surface area contributed by atoms with Crippen LogP contribution < -0.4 is 10.2 Å². The molecule has 0 amide bonds. The lowest BCUT2D eigenvalue weighted by atomic mass is 10.2. The number of halogens is 1. The number of nitro benzene ring substituents is 1. The Labute approximate surface area is 126 Å². The van der Waals surface area contributed by atoms with Gasteiger partial charge in [-0.25, -0.2) is 0 Å². The molecule has 0 aliphatic heterocycles. The molecule has 0 saturated carbocycles. The molecule has 0 atom stereocenters. The van der Waals surface area contributed by atoms with Crippen LogP contribution in [0.2, 0.25) is 5.02 Å². The summed E-state index contributed by atoms with van der Waals surface area (Å²) in [6, 6.07) is 11.6. The van der Waals surface area contributed by atoms with Gasteiger partial charge in [0.1, 0.15) is 0 Å². The summed E-state index contributed by atoms with van der Waals surface area (Å²) in [5, 5.41) is 15.6. The van der Waals surface area contributed by atoms with E-state index in [0.29, 0.717) is 10.6 Å². The molecule has 0 aromatic heterocycles. The van der Waals surface area contributed by atoms with Gasteiger partial charge in [-0.3, -0.25) is 15.5 Å². The van der Waals surface area contributed by atoms with Crippen molar-refractivity contribution >= 4 is 29.2 Å². The van der Waals surface area contributed by atoms with Crippen LogP contribution in [0, 0.1) is 10.1 Å². The molecule has 0 aliphatic rings. The number of methoxy groups -OCH3 is 1. The van der Waals surface area contributed by atoms with Crippen molar-refractivity contribution in [1.82, 2.24) is 0 Å². The molecule has 2 rings (SSSR count). The molecule has 6 nitrogen and oxygen atoms in total. The summed E-state index contributed by atoms with van der Waals surface area (Å²) in [6.45, 7) is 0. The molecule has 2 aromatic carbocycles. The highest BCUT2D eigenvalue weighted by Crippen LogP contribution is 2.26. The summed E-state index contributed by atoms with van der Waals surface area (Å²) in [6.07, 6.45) is 1.49. The summed E-state index contributed by atoms with van der Waals surface area (Å²) in [5.41, 5.74) is 4.05. The SMILES string of the molecule is COc1ccc(C=NNc2ccc(Cl)cc2)cc1[N+](=O)[O-]. The number of ether oxygens (including phenoxy) is 1. The molecule has 0 unspecified atom stereocenters. The first-order chi connectivity index (χ1) is 10.1. The molecule has 2 aromatic rings. The molecular formula is C14H12ClN3O3. The van der Waals surface area contributed by atoms with Gasteiger partial charge in [0.05, 0.1) is 23.9 Å². The zero-order valence-electron chi connectivity index (χ0n) is 11.1. The second kappa shape index (κ2) is 6.71. The first kappa shape index (κ1) is 14.8. The van der Waals surface area contributed by atoms with Crippen LogP contribution in [0.15, 0.2) is 47.6 Å². The fraction of sp³-hybridized carbons (Fsp3) is 0.0714. The highest BCUT2D eigenvalue weighted by Gasteiger charge is 2.14. The van der Waals surface area contributed by atoms with Crippen LogP contribution in [0.5, 0.6) is 5.75 Å². The predicted molar refractivity (Wildman–Crippen MR) is 82.3 cm³/mol. The molecule has 108 valence electrons. The third-order valence-electron chi connectivity index (χ3n) is 2.65. The van der Waals surface area contributed by atoms with Crippen molar-refractivity contribution in [1.29, 1.82) is 0 Å². The summed E-state index contributed by atoms with van der Waals surface area (Å²) in [5.74, 6) is 0.211. The minimum absolute atomic E-state index is 0.104. The minimum Gasteiger partial charge on any atom is -0.490 e. The molecule has 0 bridgehead atoms. The number of anilines is 1. The minimum atomic E-state index is -0.497. The van der Waals surface area contributed by atoms with Gasteiger partial charge in [-0.15, -0.1) is 0 Å². The molecule has 7 heteroatoms. The standard InChI is InChI=1S/C14H12ClN3O3/c1-21-14-7-2-10(8-13(14)18(19)20)9-16-17-12-5-3-11(15)4-6-12/h2-9,17H,1H3. The van der Waals surface area contributed by atoms with E-state index < -0.39 is 4.92 Å². The Hall–Kier alpha value is -2.60. The Morgan fingerprint density at radius 2 is 2.00 bits per heavy atom. The lowest BCUT2D eigenvalue weighted by Gasteiger charge is -2.02. The van der Waals surface area contributed by atoms with Crippen molar-refractivity contribution in [3.05, 3.63) is 63.2 Å².